The number of hydrogen-bond acceptors (Lipinski definition) is 5. The van der Waals surface area contributed by atoms with Crippen LogP contribution in [0, 0.1) is 5.92 Å². The lowest BCUT2D eigenvalue weighted by Crippen LogP contribution is -2.32. The molecule has 8 heteroatoms. The third-order valence-electron chi connectivity index (χ3n) is 8.37. The average Bonchev–Trinajstić information content (AvgIpc) is 3.01. The lowest BCUT2D eigenvalue weighted by Gasteiger charge is -2.19. The normalized spacial score (nSPS) is 13.7. The lowest BCUT2D eigenvalue weighted by atomic mass is 10.0. The summed E-state index contributed by atoms with van der Waals surface area (Å²) in [5.74, 6) is 0.118. The predicted molar refractivity (Wildman–Crippen MR) is 185 cm³/mol. The monoisotopic (exact) mass is 642 g/mol. The summed E-state index contributed by atoms with van der Waals surface area (Å²) < 4.78 is 31.1. The molecule has 0 bridgehead atoms. The number of aryl methyl sites for hydroxylation is 1. The molecule has 0 aromatic carbocycles. The van der Waals surface area contributed by atoms with E-state index in [2.05, 4.69) is 47.8 Å². The minimum atomic E-state index is -4.02. The Balaban J connectivity index is 1.98. The predicted octanol–water partition coefficient (Wildman–Crippen LogP) is 10.0. The van der Waals surface area contributed by atoms with Crippen molar-refractivity contribution in [3.63, 3.8) is 0 Å². The maximum Gasteiger partial charge on any atom is 0.472 e. The van der Waals surface area contributed by atoms with Crippen LogP contribution in [-0.2, 0) is 24.9 Å². The number of hydrogen-bond donors (Lipinski definition) is 1. The molecule has 258 valence electrons. The van der Waals surface area contributed by atoms with E-state index in [0.717, 1.165) is 64.5 Å². The summed E-state index contributed by atoms with van der Waals surface area (Å²) >= 11 is 0. The second-order valence-electron chi connectivity index (χ2n) is 12.9. The highest BCUT2D eigenvalue weighted by Gasteiger charge is 2.23. The van der Waals surface area contributed by atoms with Crippen LogP contribution in [0.2, 0.25) is 0 Å². The minimum absolute atomic E-state index is 0.118. The first kappa shape index (κ1) is 41.0. The van der Waals surface area contributed by atoms with Gasteiger partial charge in [0.25, 0.3) is 0 Å². The Morgan fingerprint density at radius 2 is 1.18 bits per heavy atom. The smallest absolute Gasteiger partial charge is 0.381 e. The molecule has 0 radical (unpaired) electrons. The largest absolute Gasteiger partial charge is 0.472 e. The minimum Gasteiger partial charge on any atom is -0.381 e. The van der Waals surface area contributed by atoms with Gasteiger partial charge in [-0.25, -0.2) is 9.13 Å². The van der Waals surface area contributed by atoms with Crippen LogP contribution >= 0.6 is 7.82 Å². The van der Waals surface area contributed by atoms with Gasteiger partial charge >= 0.3 is 7.82 Å². The fourth-order valence-electron chi connectivity index (χ4n) is 5.51. The topological polar surface area (TPSA) is 72.1 Å². The molecule has 7 nitrogen and oxygen atoms in total. The first-order valence-corrected chi connectivity index (χ1v) is 19.7. The Morgan fingerprint density at radius 1 is 0.682 bits per heavy atom. The molecule has 44 heavy (non-hydrogen) atoms. The molecule has 0 aliphatic carbocycles. The summed E-state index contributed by atoms with van der Waals surface area (Å²) in [6, 6.07) is 4.26. The molecule has 2 unspecified atom stereocenters. The van der Waals surface area contributed by atoms with Crippen molar-refractivity contribution in [3.8, 4) is 0 Å². The molecule has 1 aromatic heterocycles. The molecule has 0 saturated heterocycles. The molecule has 1 aromatic rings. The van der Waals surface area contributed by atoms with E-state index in [1.807, 2.05) is 14.1 Å². The van der Waals surface area contributed by atoms with Gasteiger partial charge in [0.15, 0.2) is 12.4 Å². The van der Waals surface area contributed by atoms with E-state index in [-0.39, 0.29) is 19.1 Å². The molecule has 0 spiro atoms. The van der Waals surface area contributed by atoms with Gasteiger partial charge < -0.3 is 14.5 Å². The molecule has 0 aliphatic rings. The molecule has 0 aliphatic heterocycles. The summed E-state index contributed by atoms with van der Waals surface area (Å²) in [5, 5.41) is 0. The van der Waals surface area contributed by atoms with E-state index in [9.17, 15) is 9.46 Å². The van der Waals surface area contributed by atoms with Crippen molar-refractivity contribution in [1.29, 1.82) is 0 Å². The molecule has 0 amide bonds. The quantitative estimate of drug-likeness (QED) is 0.0480. The second-order valence-corrected chi connectivity index (χ2v) is 14.3. The number of nitrogens with zero attached hydrogens (tertiary/aromatic N) is 2. The van der Waals surface area contributed by atoms with Gasteiger partial charge in [-0.15, -0.1) is 0 Å². The van der Waals surface area contributed by atoms with Gasteiger partial charge in [-0.05, 0) is 25.7 Å². The fourth-order valence-corrected chi connectivity index (χ4v) is 6.35. The van der Waals surface area contributed by atoms with Gasteiger partial charge in [-0.3, -0.25) is 9.05 Å². The van der Waals surface area contributed by atoms with E-state index < -0.39 is 7.82 Å². The molecular weight excluding hydrogens is 571 g/mol. The van der Waals surface area contributed by atoms with Crippen LogP contribution in [0.5, 0.6) is 0 Å². The number of phosphoric acid groups is 1. The Morgan fingerprint density at radius 3 is 1.70 bits per heavy atom. The van der Waals surface area contributed by atoms with Crippen LogP contribution in [-0.4, -0.2) is 45.4 Å². The van der Waals surface area contributed by atoms with Crippen molar-refractivity contribution in [2.75, 3.05) is 45.4 Å². The zero-order valence-corrected chi connectivity index (χ0v) is 30.1. The summed E-state index contributed by atoms with van der Waals surface area (Å²) in [5.41, 5.74) is 1.20. The van der Waals surface area contributed by atoms with Crippen molar-refractivity contribution in [2.45, 2.75) is 155 Å². The maximum atomic E-state index is 12.4. The van der Waals surface area contributed by atoms with E-state index in [1.54, 1.807) is 0 Å². The number of rotatable bonds is 32. The number of anilines is 1. The molecule has 1 N–H and O–H groups in total. The molecule has 2 atom stereocenters. The van der Waals surface area contributed by atoms with Gasteiger partial charge in [0.1, 0.15) is 6.54 Å². The summed E-state index contributed by atoms with van der Waals surface area (Å²) in [6.45, 7) is 7.19. The van der Waals surface area contributed by atoms with E-state index >= 15 is 0 Å². The molecule has 1 rings (SSSR count). The van der Waals surface area contributed by atoms with Crippen LogP contribution in [0.4, 0.5) is 5.69 Å². The van der Waals surface area contributed by atoms with Gasteiger partial charge in [0, 0.05) is 50.9 Å². The summed E-state index contributed by atoms with van der Waals surface area (Å²) in [4.78, 5) is 12.2. The summed E-state index contributed by atoms with van der Waals surface area (Å²) in [7, 11) is 0.0744. The third kappa shape index (κ3) is 24.3. The van der Waals surface area contributed by atoms with Gasteiger partial charge in [-0.1, -0.05) is 117 Å². The van der Waals surface area contributed by atoms with Crippen LogP contribution in [0.25, 0.3) is 0 Å². The van der Waals surface area contributed by atoms with Crippen molar-refractivity contribution < 1.29 is 27.8 Å². The number of pyridine rings is 1. The van der Waals surface area contributed by atoms with Crippen LogP contribution in [0.3, 0.4) is 0 Å². The highest BCUT2D eigenvalue weighted by Crippen LogP contribution is 2.44. The Labute approximate surface area is 272 Å². The van der Waals surface area contributed by atoms with Gasteiger partial charge in [0.2, 0.25) is 0 Å². The van der Waals surface area contributed by atoms with Crippen molar-refractivity contribution in [3.05, 3.63) is 24.5 Å². The number of ether oxygens (including phenoxy) is 1. The van der Waals surface area contributed by atoms with Crippen LogP contribution in [0.1, 0.15) is 149 Å². The first-order chi connectivity index (χ1) is 21.4. The Bertz CT molecular complexity index is 808. The number of phosphoric ester groups is 1. The molecular formula is C36H70N2O5P+. The third-order valence-corrected chi connectivity index (χ3v) is 9.36. The zero-order valence-electron chi connectivity index (χ0n) is 29.2. The van der Waals surface area contributed by atoms with Gasteiger partial charge in [0.05, 0.1) is 19.8 Å². The standard InChI is InChI=1S/C36H69N2O5P/c1-5-7-8-9-10-11-12-13-14-15-16-17-20-23-31-41-33-35(25-6-2)34-43-44(39,40)42-32-24-21-18-19-22-28-38-29-26-36(27-30-38)37(3)4/h26-27,29-30,35H,5-25,28,31-34H2,1-4H3/p+1. The van der Waals surface area contributed by atoms with Crippen LogP contribution < -0.4 is 9.47 Å². The molecule has 0 fully saturated rings. The van der Waals surface area contributed by atoms with Crippen LogP contribution in [0.15, 0.2) is 24.5 Å². The average molecular weight is 642 g/mol. The first-order valence-electron chi connectivity index (χ1n) is 18.2. The second kappa shape index (κ2) is 28.3. The van der Waals surface area contributed by atoms with E-state index in [0.29, 0.717) is 6.61 Å². The Kier molecular flexibility index (Phi) is 26.4. The van der Waals surface area contributed by atoms with E-state index in [1.165, 1.54) is 89.2 Å². The van der Waals surface area contributed by atoms with Crippen molar-refractivity contribution in [1.82, 2.24) is 0 Å². The van der Waals surface area contributed by atoms with E-state index in [4.69, 9.17) is 13.8 Å². The highest BCUT2D eigenvalue weighted by molar-refractivity contribution is 7.47. The number of unbranched alkanes of at least 4 members (excludes halogenated alkanes) is 17. The van der Waals surface area contributed by atoms with Crippen molar-refractivity contribution >= 4 is 13.5 Å². The number of aromatic nitrogens is 1. The highest BCUT2D eigenvalue weighted by atomic mass is 31.2. The lowest BCUT2D eigenvalue weighted by molar-refractivity contribution is -0.697. The van der Waals surface area contributed by atoms with Gasteiger partial charge in [-0.2, -0.15) is 0 Å². The molecule has 0 saturated carbocycles. The zero-order chi connectivity index (χ0) is 32.1. The fraction of sp³-hybridized carbons (Fsp3) is 0.861. The SMILES string of the molecule is CCCCCCCCCCCCCCCCOCC(CCC)COP(=O)(O)OCCCCCCC[n+]1ccc(N(C)C)cc1. The molecule has 1 heterocycles. The van der Waals surface area contributed by atoms with Crippen molar-refractivity contribution in [2.24, 2.45) is 5.92 Å². The maximum absolute atomic E-state index is 12.4. The summed E-state index contributed by atoms with van der Waals surface area (Å²) in [6.07, 6.45) is 30.1. The Hall–Kier alpha value is -0.980.